The Labute approximate surface area is 360 Å². The summed E-state index contributed by atoms with van der Waals surface area (Å²) in [4.78, 5) is 8.12. The van der Waals surface area contributed by atoms with Crippen molar-refractivity contribution >= 4 is 0 Å². The maximum absolute atomic E-state index is 15.6. The second-order valence-corrected chi connectivity index (χ2v) is 15.6. The number of hydrogen-bond donors (Lipinski definition) is 2. The number of halogens is 10. The molecule has 1 aromatic heterocycles. The van der Waals surface area contributed by atoms with Crippen LogP contribution in [0.2, 0.25) is 0 Å². The van der Waals surface area contributed by atoms with Crippen LogP contribution in [-0.4, -0.2) is 14.8 Å². The molecular formula is C49H35F10N5. The van der Waals surface area contributed by atoms with Gasteiger partial charge in [-0.05, 0) is 34.4 Å². The van der Waals surface area contributed by atoms with Crippen LogP contribution in [0.4, 0.5) is 43.9 Å². The average molecular weight is 884 g/mol. The molecule has 5 nitrogen and oxygen atoms in total. The SMILES string of the molecule is Fc1c(F)c(F)c(CN2[C@H](c3cccc([C@@H]4N[C@@H](c5ccccc5)[C@H](c5ccccc5)N4Cc4c(F)c(F)c(F)c(F)c4F)n3)N[C@@H](c3ccccc3)[C@@H]2c2ccccc2)c(F)c1F. The molecule has 0 bridgehead atoms. The fraction of sp³-hybridized carbons (Fsp3) is 0.163. The van der Waals surface area contributed by atoms with Gasteiger partial charge in [-0.1, -0.05) is 127 Å². The summed E-state index contributed by atoms with van der Waals surface area (Å²) in [6.07, 6.45) is -2.18. The molecule has 6 atom stereocenters. The van der Waals surface area contributed by atoms with Crippen molar-refractivity contribution in [2.24, 2.45) is 0 Å². The molecule has 9 rings (SSSR count). The van der Waals surface area contributed by atoms with Crippen molar-refractivity contribution in [2.75, 3.05) is 0 Å². The number of benzene rings is 6. The Morgan fingerprint density at radius 1 is 0.344 bits per heavy atom. The van der Waals surface area contributed by atoms with Crippen molar-refractivity contribution in [1.82, 2.24) is 25.4 Å². The van der Waals surface area contributed by atoms with Crippen LogP contribution >= 0.6 is 0 Å². The Morgan fingerprint density at radius 2 is 0.625 bits per heavy atom. The highest BCUT2D eigenvalue weighted by Gasteiger charge is 2.47. The van der Waals surface area contributed by atoms with E-state index in [1.54, 1.807) is 125 Å². The fourth-order valence-electron chi connectivity index (χ4n) is 8.97. The predicted octanol–water partition coefficient (Wildman–Crippen LogP) is 11.6. The molecule has 6 aromatic carbocycles. The van der Waals surface area contributed by atoms with E-state index in [1.165, 1.54) is 0 Å². The van der Waals surface area contributed by atoms with Gasteiger partial charge in [-0.25, -0.2) is 43.9 Å². The molecule has 0 amide bonds. The van der Waals surface area contributed by atoms with Crippen LogP contribution in [0.15, 0.2) is 140 Å². The Bertz CT molecular complexity index is 2560. The average Bonchev–Trinajstić information content (AvgIpc) is 3.92. The lowest BCUT2D eigenvalue weighted by Crippen LogP contribution is -2.33. The van der Waals surface area contributed by atoms with Crippen molar-refractivity contribution in [2.45, 2.75) is 49.6 Å². The van der Waals surface area contributed by atoms with Crippen LogP contribution in [-0.2, 0) is 13.1 Å². The molecule has 7 aromatic rings. The van der Waals surface area contributed by atoms with E-state index in [9.17, 15) is 26.3 Å². The fourth-order valence-corrected chi connectivity index (χ4v) is 8.97. The lowest BCUT2D eigenvalue weighted by Gasteiger charge is -2.32. The van der Waals surface area contributed by atoms with Crippen LogP contribution < -0.4 is 10.6 Å². The quantitative estimate of drug-likeness (QED) is 0.0814. The van der Waals surface area contributed by atoms with E-state index < -0.39 is 119 Å². The lowest BCUT2D eigenvalue weighted by molar-refractivity contribution is 0.159. The van der Waals surface area contributed by atoms with Gasteiger partial charge < -0.3 is 0 Å². The van der Waals surface area contributed by atoms with Gasteiger partial charge in [0.1, 0.15) is 12.3 Å². The minimum Gasteiger partial charge on any atom is -0.288 e. The maximum Gasteiger partial charge on any atom is 0.200 e. The molecule has 2 N–H and O–H groups in total. The Morgan fingerprint density at radius 3 is 0.938 bits per heavy atom. The van der Waals surface area contributed by atoms with Gasteiger partial charge in [0.05, 0.1) is 35.6 Å². The molecule has 2 aliphatic rings. The van der Waals surface area contributed by atoms with Crippen molar-refractivity contribution in [3.05, 3.63) is 242 Å². The van der Waals surface area contributed by atoms with Crippen LogP contribution in [0, 0.1) is 58.2 Å². The Balaban J connectivity index is 1.21. The van der Waals surface area contributed by atoms with Gasteiger partial charge >= 0.3 is 0 Å². The Kier molecular flexibility index (Phi) is 11.8. The summed E-state index contributed by atoms with van der Waals surface area (Å²) >= 11 is 0. The molecule has 0 unspecified atom stereocenters. The molecule has 0 radical (unpaired) electrons. The zero-order valence-corrected chi connectivity index (χ0v) is 33.3. The highest BCUT2D eigenvalue weighted by molar-refractivity contribution is 5.36. The van der Waals surface area contributed by atoms with Crippen LogP contribution in [0.5, 0.6) is 0 Å². The molecule has 2 saturated heterocycles. The number of nitrogens with one attached hydrogen (secondary N) is 2. The van der Waals surface area contributed by atoms with Crippen LogP contribution in [0.1, 0.15) is 81.3 Å². The topological polar surface area (TPSA) is 43.4 Å². The molecule has 326 valence electrons. The minimum atomic E-state index is -2.30. The smallest absolute Gasteiger partial charge is 0.200 e. The molecule has 0 aliphatic carbocycles. The summed E-state index contributed by atoms with van der Waals surface area (Å²) in [5.74, 6) is -21.0. The normalized spacial score (nSPS) is 21.5. The van der Waals surface area contributed by atoms with E-state index in [-0.39, 0.29) is 11.4 Å². The first kappa shape index (κ1) is 42.9. The van der Waals surface area contributed by atoms with E-state index >= 15 is 17.6 Å². The first-order chi connectivity index (χ1) is 30.9. The number of aromatic nitrogens is 1. The van der Waals surface area contributed by atoms with Crippen molar-refractivity contribution in [1.29, 1.82) is 0 Å². The highest BCUT2D eigenvalue weighted by atomic mass is 19.2. The standard InChI is InChI=1S/C49H35F10N5/c50-34-30(35(51)39(55)42(58)38(34)54)24-63-46(28-18-9-3-10-19-28)44(26-14-5-1-6-15-26)61-48(63)32-22-13-23-33(60-32)49-62-45(27-16-7-2-8-17-27)47(29-20-11-4-12-21-29)64(49)25-31-36(52)40(56)43(59)41(57)37(31)53/h1-23,44-49,61-62H,24-25H2/t44-,45-,46-,47-,48+,49+/m0/s1. The van der Waals surface area contributed by atoms with Gasteiger partial charge in [0, 0.05) is 24.2 Å². The minimum absolute atomic E-state index is 0.207. The number of pyridine rings is 1. The summed E-state index contributed by atoms with van der Waals surface area (Å²) in [6.45, 7) is -1.59. The summed E-state index contributed by atoms with van der Waals surface area (Å²) in [7, 11) is 0. The molecule has 64 heavy (non-hydrogen) atoms. The van der Waals surface area contributed by atoms with E-state index in [2.05, 4.69) is 10.6 Å². The van der Waals surface area contributed by atoms with Crippen molar-refractivity contribution < 1.29 is 43.9 Å². The lowest BCUT2D eigenvalue weighted by atomic mass is 9.93. The second kappa shape index (κ2) is 17.6. The van der Waals surface area contributed by atoms with Gasteiger partial charge in [0.25, 0.3) is 0 Å². The first-order valence-corrected chi connectivity index (χ1v) is 20.1. The van der Waals surface area contributed by atoms with Crippen molar-refractivity contribution in [3.8, 4) is 0 Å². The second-order valence-electron chi connectivity index (χ2n) is 15.6. The summed E-state index contributed by atoms with van der Waals surface area (Å²) in [5.41, 5.74) is 0.981. The molecular weight excluding hydrogens is 849 g/mol. The van der Waals surface area contributed by atoms with Gasteiger partial charge in [-0.2, -0.15) is 0 Å². The number of nitrogens with zero attached hydrogens (tertiary/aromatic N) is 3. The monoisotopic (exact) mass is 883 g/mol. The molecule has 15 heteroatoms. The van der Waals surface area contributed by atoms with E-state index in [4.69, 9.17) is 4.98 Å². The van der Waals surface area contributed by atoms with E-state index in [1.807, 2.05) is 24.3 Å². The van der Waals surface area contributed by atoms with E-state index in [0.717, 1.165) is 11.1 Å². The van der Waals surface area contributed by atoms with Crippen molar-refractivity contribution in [3.63, 3.8) is 0 Å². The summed E-state index contributed by atoms with van der Waals surface area (Å²) in [6, 6.07) is 37.5. The molecule has 0 saturated carbocycles. The molecule has 3 heterocycles. The third kappa shape index (κ3) is 7.61. The molecule has 2 fully saturated rings. The van der Waals surface area contributed by atoms with Crippen LogP contribution in [0.3, 0.4) is 0 Å². The van der Waals surface area contributed by atoms with Gasteiger partial charge in [-0.3, -0.25) is 25.4 Å². The third-order valence-corrected chi connectivity index (χ3v) is 11.9. The highest BCUT2D eigenvalue weighted by Crippen LogP contribution is 2.49. The first-order valence-electron chi connectivity index (χ1n) is 20.1. The Hall–Kier alpha value is -6.39. The third-order valence-electron chi connectivity index (χ3n) is 11.9. The van der Waals surface area contributed by atoms with E-state index in [0.29, 0.717) is 11.1 Å². The summed E-state index contributed by atoms with van der Waals surface area (Å²) < 4.78 is 150. The maximum atomic E-state index is 15.6. The van der Waals surface area contributed by atoms with Gasteiger partial charge in [0.15, 0.2) is 46.5 Å². The van der Waals surface area contributed by atoms with Gasteiger partial charge in [0.2, 0.25) is 11.6 Å². The number of rotatable bonds is 10. The largest absolute Gasteiger partial charge is 0.288 e. The zero-order valence-electron chi connectivity index (χ0n) is 33.3. The van der Waals surface area contributed by atoms with Crippen LogP contribution in [0.25, 0.3) is 0 Å². The molecule has 2 aliphatic heterocycles. The summed E-state index contributed by atoms with van der Waals surface area (Å²) in [5, 5.41) is 7.00. The van der Waals surface area contributed by atoms with Gasteiger partial charge in [-0.15, -0.1) is 0 Å². The predicted molar refractivity (Wildman–Crippen MR) is 216 cm³/mol. The molecule has 0 spiro atoms. The zero-order chi connectivity index (χ0) is 44.8. The number of hydrogen-bond acceptors (Lipinski definition) is 5.